The molecular weight excluding hydrogens is 1240 g/mol. The van der Waals surface area contributed by atoms with Gasteiger partial charge in [-0.25, -0.2) is 0 Å². The number of hydrogen-bond donors (Lipinski definition) is 9. The lowest BCUT2D eigenvalue weighted by Crippen LogP contribution is -2.58. The highest BCUT2D eigenvalue weighted by molar-refractivity contribution is 5.74. The first kappa shape index (κ1) is 78.1. The van der Waals surface area contributed by atoms with Crippen molar-refractivity contribution in [3.05, 3.63) is 0 Å². The predicted octanol–water partition coefficient (Wildman–Crippen LogP) is 14.2. The summed E-state index contributed by atoms with van der Waals surface area (Å²) in [5.74, 6) is 4.30. The Balaban J connectivity index is 0.954. The fourth-order valence-corrected chi connectivity index (χ4v) is 22.9. The van der Waals surface area contributed by atoms with E-state index >= 15 is 0 Å². The van der Waals surface area contributed by atoms with Gasteiger partial charge in [-0.1, -0.05) is 90.0 Å². The molecule has 16 nitrogen and oxygen atoms in total. The van der Waals surface area contributed by atoms with Crippen LogP contribution in [0, 0.1) is 110 Å². The summed E-state index contributed by atoms with van der Waals surface area (Å²) in [7, 11) is 0. The molecule has 24 atom stereocenters. The van der Waals surface area contributed by atoms with Crippen LogP contribution in [0.25, 0.3) is 0 Å². The number of hydrogen-bond acceptors (Lipinski definition) is 13. The number of fused-ring (bicyclic) bond motifs is 8. The molecule has 9 N–H and O–H groups in total. The van der Waals surface area contributed by atoms with Gasteiger partial charge in [-0.2, -0.15) is 0 Å². The van der Waals surface area contributed by atoms with Gasteiger partial charge in [0, 0.05) is 62.5 Å². The molecule has 0 aromatic carbocycles. The van der Waals surface area contributed by atoms with Crippen LogP contribution in [0.4, 0.5) is 0 Å². The first-order valence-corrected chi connectivity index (χ1v) is 41.6. The second-order valence-electron chi connectivity index (χ2n) is 40.0. The second-order valence-corrected chi connectivity index (χ2v) is 40.0. The Kier molecular flexibility index (Phi) is 26.7. The van der Waals surface area contributed by atoms with E-state index in [0.717, 1.165) is 155 Å². The molecular formula is C83H146N6O10. The molecule has 16 heteroatoms. The molecule has 6 saturated heterocycles. The third-order valence-electron chi connectivity index (χ3n) is 29.1. The van der Waals surface area contributed by atoms with Gasteiger partial charge in [0.05, 0.1) is 44.2 Å². The molecule has 0 aromatic heterocycles. The summed E-state index contributed by atoms with van der Waals surface area (Å²) in [5, 5.41) is 52.6. The van der Waals surface area contributed by atoms with Gasteiger partial charge in [0.25, 0.3) is 0 Å². The highest BCUT2D eigenvalue weighted by Gasteiger charge is 2.54. The van der Waals surface area contributed by atoms with Crippen molar-refractivity contribution in [2.24, 2.45) is 110 Å². The molecule has 24 unspecified atom stereocenters. The Labute approximate surface area is 600 Å². The van der Waals surface area contributed by atoms with E-state index in [1.165, 1.54) is 51.4 Å². The monoisotopic (exact) mass is 1390 g/mol. The van der Waals surface area contributed by atoms with Crippen molar-refractivity contribution in [3.8, 4) is 0 Å². The average molecular weight is 1390 g/mol. The third-order valence-corrected chi connectivity index (χ3v) is 29.1. The summed E-state index contributed by atoms with van der Waals surface area (Å²) >= 11 is 0. The van der Waals surface area contributed by atoms with E-state index in [1.807, 2.05) is 0 Å². The quantitative estimate of drug-likeness (QED) is 0.0623. The van der Waals surface area contributed by atoms with Gasteiger partial charge in [-0.15, -0.1) is 0 Å². The smallest absolute Gasteiger partial charge is 0.320 e. The normalized spacial score (nSPS) is 43.4. The Morgan fingerprint density at radius 2 is 0.566 bits per heavy atom. The summed E-state index contributed by atoms with van der Waals surface area (Å²) in [6.07, 6.45) is 29.8. The van der Waals surface area contributed by atoms with Crippen molar-refractivity contribution in [1.29, 1.82) is 0 Å². The summed E-state index contributed by atoms with van der Waals surface area (Å²) in [4.78, 5) is 36.6. The third kappa shape index (κ3) is 20.2. The van der Waals surface area contributed by atoms with Crippen LogP contribution >= 0.6 is 0 Å². The molecule has 11 fully saturated rings. The Hall–Kier alpha value is -1.99. The molecule has 11 aliphatic rings. The molecule has 0 aromatic rings. The van der Waals surface area contributed by atoms with Gasteiger partial charge >= 0.3 is 17.9 Å². The number of carboxylic acids is 3. The van der Waals surface area contributed by atoms with Crippen LogP contribution < -0.4 is 31.9 Å². The molecule has 568 valence electrons. The van der Waals surface area contributed by atoms with Gasteiger partial charge in [0.15, 0.2) is 0 Å². The van der Waals surface area contributed by atoms with E-state index in [2.05, 4.69) is 122 Å². The maximum absolute atomic E-state index is 12.2. The number of ether oxygens (including phenoxy) is 4. The number of carboxylic acid groups (broad SMARTS) is 3. The van der Waals surface area contributed by atoms with Crippen LogP contribution in [-0.4, -0.2) is 158 Å². The van der Waals surface area contributed by atoms with Gasteiger partial charge in [-0.3, -0.25) is 14.4 Å². The second kappa shape index (κ2) is 33.9. The Morgan fingerprint density at radius 3 is 0.768 bits per heavy atom. The van der Waals surface area contributed by atoms with Crippen molar-refractivity contribution in [3.63, 3.8) is 0 Å². The highest BCUT2D eigenvalue weighted by Crippen LogP contribution is 2.58. The molecule has 0 spiro atoms. The zero-order valence-corrected chi connectivity index (χ0v) is 64.6. The van der Waals surface area contributed by atoms with Crippen LogP contribution in [-0.2, 0) is 33.3 Å². The van der Waals surface area contributed by atoms with Crippen LogP contribution in [0.1, 0.15) is 270 Å². The number of aliphatic carboxylic acids is 3. The molecule has 8 bridgehead atoms. The topological polar surface area (TPSA) is 221 Å². The predicted molar refractivity (Wildman–Crippen MR) is 394 cm³/mol. The minimum Gasteiger partial charge on any atom is -0.480 e. The van der Waals surface area contributed by atoms with Crippen LogP contribution in [0.2, 0.25) is 0 Å². The standard InChI is InChI=1S/C83H146N6O10/c1-14-30-96-73-52-31-54-37-61(81(5,6)7)39-56(74(54)97-46-49-24-27-64(84-43-49)67-18-15-21-70(87-67)77(90)91)33-58-41-63(83(11,12)13)42-59(76(58)99-48-51-26-29-66(86-45-51)69-20-17-23-72(89-69)79(94)95)34-57-40-62(82(8,9)10)38-55(32-53(73)36-60(35-52)80(2,3)4)75(57)98-47-50-25-28-65(85-44-50)68-19-16-22-71(88-68)78(92)93/h49-76,84-89H,14-48H2,1-13H3,(H,90,91)(H,92,93)(H,94,95). The Morgan fingerprint density at radius 1 is 0.323 bits per heavy atom. The number of carbonyl (C=O) groups is 3. The summed E-state index contributed by atoms with van der Waals surface area (Å²) in [6.45, 7) is 38.5. The average Bonchev–Trinajstić information content (AvgIpc) is 0.766. The van der Waals surface area contributed by atoms with E-state index < -0.39 is 36.0 Å². The maximum Gasteiger partial charge on any atom is 0.320 e. The molecule has 0 radical (unpaired) electrons. The molecule has 11 rings (SSSR count). The van der Waals surface area contributed by atoms with Crippen LogP contribution in [0.5, 0.6) is 0 Å². The first-order chi connectivity index (χ1) is 46.9. The minimum absolute atomic E-state index is 0.106. The van der Waals surface area contributed by atoms with Crippen molar-refractivity contribution < 1.29 is 48.7 Å². The number of piperidine rings is 6. The summed E-state index contributed by atoms with van der Waals surface area (Å²) in [5.41, 5.74) is 0.532. The largest absolute Gasteiger partial charge is 0.480 e. The lowest BCUT2D eigenvalue weighted by Gasteiger charge is -2.55. The molecule has 0 amide bonds. The van der Waals surface area contributed by atoms with Crippen molar-refractivity contribution in [1.82, 2.24) is 31.9 Å². The summed E-state index contributed by atoms with van der Waals surface area (Å²) < 4.78 is 31.6. The maximum atomic E-state index is 12.2. The van der Waals surface area contributed by atoms with Gasteiger partial charge in [0.2, 0.25) is 0 Å². The molecule has 6 heterocycles. The molecule has 99 heavy (non-hydrogen) atoms. The fraction of sp³-hybridized carbons (Fsp3) is 0.964. The number of rotatable bonds is 18. The van der Waals surface area contributed by atoms with Gasteiger partial charge in [0.1, 0.15) is 18.1 Å². The first-order valence-electron chi connectivity index (χ1n) is 41.6. The molecule has 5 saturated carbocycles. The van der Waals surface area contributed by atoms with Gasteiger partial charge in [-0.05, 0) is 290 Å². The summed E-state index contributed by atoms with van der Waals surface area (Å²) in [6, 6.07) is -0.0389. The minimum atomic E-state index is -0.729. The van der Waals surface area contributed by atoms with Gasteiger partial charge < -0.3 is 66.2 Å². The van der Waals surface area contributed by atoms with E-state index in [-0.39, 0.29) is 82.3 Å². The van der Waals surface area contributed by atoms with Crippen molar-refractivity contribution >= 4 is 17.9 Å². The lowest BCUT2D eigenvalue weighted by atomic mass is 9.54. The molecule has 5 aliphatic carbocycles. The SMILES string of the molecule is CCCOC1C2CC3CC(C(C)(C)C)CC(CC4CC(C(C)(C)C)CC(CC5CC(C(C)(C)C)CC(CC1CC(C(C)(C)C)C2)C5OCC1CCC(C2CCCC(C(=O)O)N2)NC1)C4OCC1CCC(C2CCCC(C(=O)O)N2)NC1)C3OCC1CCC(C2CCCC(C(=O)O)N2)NC1. The van der Waals surface area contributed by atoms with Crippen molar-refractivity contribution in [2.45, 2.75) is 349 Å². The van der Waals surface area contributed by atoms with E-state index in [1.54, 1.807) is 0 Å². The van der Waals surface area contributed by atoms with Crippen molar-refractivity contribution in [2.75, 3.05) is 46.1 Å². The zero-order valence-electron chi connectivity index (χ0n) is 64.6. The van der Waals surface area contributed by atoms with E-state index in [9.17, 15) is 29.7 Å². The Bertz CT molecular complexity index is 2420. The highest BCUT2D eigenvalue weighted by atomic mass is 16.5. The lowest BCUT2D eigenvalue weighted by molar-refractivity contribution is -0.152. The van der Waals surface area contributed by atoms with Crippen LogP contribution in [0.15, 0.2) is 0 Å². The number of nitrogens with one attached hydrogen (secondary N) is 6. The zero-order chi connectivity index (χ0) is 70.7. The fourth-order valence-electron chi connectivity index (χ4n) is 22.9. The molecule has 6 aliphatic heterocycles. The van der Waals surface area contributed by atoms with E-state index in [0.29, 0.717) is 108 Å². The van der Waals surface area contributed by atoms with Crippen LogP contribution in [0.3, 0.4) is 0 Å². The van der Waals surface area contributed by atoms with E-state index in [4.69, 9.17) is 18.9 Å².